The summed E-state index contributed by atoms with van der Waals surface area (Å²) in [5, 5.41) is 9.17. The van der Waals surface area contributed by atoms with Crippen LogP contribution in [0.5, 0.6) is 0 Å². The summed E-state index contributed by atoms with van der Waals surface area (Å²) in [5.41, 5.74) is 10.4. The van der Waals surface area contributed by atoms with E-state index in [0.29, 0.717) is 13.0 Å². The summed E-state index contributed by atoms with van der Waals surface area (Å²) < 4.78 is 0. The first-order valence-electron chi connectivity index (χ1n) is 9.30. The highest BCUT2D eigenvalue weighted by molar-refractivity contribution is 6.31. The Labute approximate surface area is 170 Å². The summed E-state index contributed by atoms with van der Waals surface area (Å²) in [5.74, 6) is 0.195. The molecule has 0 saturated carbocycles. The lowest BCUT2D eigenvalue weighted by atomic mass is 9.65. The van der Waals surface area contributed by atoms with Gasteiger partial charge in [0.2, 0.25) is 0 Å². The molecule has 0 unspecified atom stereocenters. The highest BCUT2D eigenvalue weighted by atomic mass is 35.5. The number of anilines is 2. The molecular formula is C21H24Cl2N4. The van der Waals surface area contributed by atoms with Gasteiger partial charge in [-0.2, -0.15) is 0 Å². The number of halogens is 2. The smallest absolute Gasteiger partial charge is 0.0923 e. The van der Waals surface area contributed by atoms with Crippen LogP contribution in [0, 0.1) is 5.41 Å². The van der Waals surface area contributed by atoms with E-state index in [1.165, 1.54) is 22.5 Å². The van der Waals surface area contributed by atoms with Crippen molar-refractivity contribution in [2.45, 2.75) is 24.7 Å². The predicted octanol–water partition coefficient (Wildman–Crippen LogP) is 4.78. The molecule has 2 aliphatic rings. The van der Waals surface area contributed by atoms with Crippen LogP contribution in [0.3, 0.4) is 0 Å². The number of hydrogen-bond donors (Lipinski definition) is 2. The molecule has 1 fully saturated rings. The fourth-order valence-corrected chi connectivity index (χ4v) is 4.89. The Morgan fingerprint density at radius 2 is 1.56 bits per heavy atom. The van der Waals surface area contributed by atoms with Gasteiger partial charge in [-0.1, -0.05) is 23.2 Å². The van der Waals surface area contributed by atoms with Crippen LogP contribution in [-0.4, -0.2) is 37.4 Å². The van der Waals surface area contributed by atoms with Gasteiger partial charge < -0.3 is 15.5 Å². The van der Waals surface area contributed by atoms with E-state index in [4.69, 9.17) is 34.3 Å². The maximum Gasteiger partial charge on any atom is 0.0923 e. The van der Waals surface area contributed by atoms with Gasteiger partial charge in [0.25, 0.3) is 0 Å². The monoisotopic (exact) mass is 402 g/mol. The summed E-state index contributed by atoms with van der Waals surface area (Å²) in [7, 11) is 2.17. The summed E-state index contributed by atoms with van der Waals surface area (Å²) in [6, 6.07) is 12.3. The maximum atomic E-state index is 7.66. The van der Waals surface area contributed by atoms with Crippen molar-refractivity contribution in [3.05, 3.63) is 57.6 Å². The zero-order valence-electron chi connectivity index (χ0n) is 15.4. The normalized spacial score (nSPS) is 18.3. The molecule has 0 radical (unpaired) electrons. The number of nitrogens with two attached hydrogens (primary N) is 1. The molecule has 27 heavy (non-hydrogen) atoms. The second-order valence-electron chi connectivity index (χ2n) is 7.64. The van der Waals surface area contributed by atoms with Crippen LogP contribution in [0.4, 0.5) is 11.4 Å². The molecule has 6 heteroatoms. The minimum Gasteiger partial charge on any atom is -0.388 e. The van der Waals surface area contributed by atoms with Crippen molar-refractivity contribution in [3.63, 3.8) is 0 Å². The molecule has 2 aromatic rings. The summed E-state index contributed by atoms with van der Waals surface area (Å²) in [6.07, 6.45) is 2.58. The summed E-state index contributed by atoms with van der Waals surface area (Å²) >= 11 is 12.9. The standard InChI is InChI=1S/C21H24Cl2N4/c1-26-10-7-21(8-11-26)16-12-14(22)2-4-18(16)27(9-6-20(24)25)19-5-3-15(23)13-17(19)21/h2-5,12-13H,6-11H2,1H3,(H3,24,25). The van der Waals surface area contributed by atoms with Gasteiger partial charge >= 0.3 is 0 Å². The first kappa shape index (κ1) is 18.6. The Bertz CT molecular complexity index is 832. The van der Waals surface area contributed by atoms with Gasteiger partial charge in [-0.3, -0.25) is 5.41 Å². The van der Waals surface area contributed by atoms with Crippen LogP contribution in [0.15, 0.2) is 36.4 Å². The van der Waals surface area contributed by atoms with Gasteiger partial charge in [-0.05, 0) is 80.5 Å². The number of likely N-dealkylation sites (tertiary alicyclic amines) is 1. The van der Waals surface area contributed by atoms with Crippen molar-refractivity contribution >= 4 is 40.4 Å². The van der Waals surface area contributed by atoms with Crippen LogP contribution >= 0.6 is 23.2 Å². The number of nitrogens with one attached hydrogen (secondary N) is 1. The zero-order valence-corrected chi connectivity index (χ0v) is 16.9. The van der Waals surface area contributed by atoms with Crippen molar-refractivity contribution in [1.29, 1.82) is 5.41 Å². The zero-order chi connectivity index (χ0) is 19.2. The maximum absolute atomic E-state index is 7.66. The fourth-order valence-electron chi connectivity index (χ4n) is 4.54. The Hall–Kier alpha value is -1.75. The third-order valence-electron chi connectivity index (χ3n) is 5.98. The van der Waals surface area contributed by atoms with Crippen molar-refractivity contribution in [1.82, 2.24) is 4.90 Å². The molecule has 2 aromatic carbocycles. The second kappa shape index (κ2) is 7.01. The van der Waals surface area contributed by atoms with Gasteiger partial charge in [-0.25, -0.2) is 0 Å². The summed E-state index contributed by atoms with van der Waals surface area (Å²) in [4.78, 5) is 4.64. The lowest BCUT2D eigenvalue weighted by Gasteiger charge is -2.49. The van der Waals surface area contributed by atoms with Crippen LogP contribution in [0.2, 0.25) is 10.0 Å². The molecule has 4 rings (SSSR count). The average Bonchev–Trinajstić information content (AvgIpc) is 2.64. The van der Waals surface area contributed by atoms with E-state index in [2.05, 4.69) is 41.1 Å². The topological polar surface area (TPSA) is 56.4 Å². The number of fused-ring (bicyclic) bond motifs is 4. The minimum absolute atomic E-state index is 0.0836. The quantitative estimate of drug-likeness (QED) is 0.573. The van der Waals surface area contributed by atoms with E-state index in [1.54, 1.807) is 0 Å². The third-order valence-corrected chi connectivity index (χ3v) is 6.45. The molecule has 2 aliphatic heterocycles. The number of rotatable bonds is 3. The molecule has 142 valence electrons. The number of hydrogen-bond acceptors (Lipinski definition) is 3. The number of benzene rings is 2. The summed E-state index contributed by atoms with van der Waals surface area (Å²) in [6.45, 7) is 2.73. The Balaban J connectivity index is 1.92. The molecule has 3 N–H and O–H groups in total. The highest BCUT2D eigenvalue weighted by Crippen LogP contribution is 2.54. The molecule has 0 aromatic heterocycles. The van der Waals surface area contributed by atoms with Gasteiger partial charge in [0.1, 0.15) is 0 Å². The third kappa shape index (κ3) is 3.20. The lowest BCUT2D eigenvalue weighted by Crippen LogP contribution is -2.45. The van der Waals surface area contributed by atoms with E-state index in [9.17, 15) is 0 Å². The molecular weight excluding hydrogens is 379 g/mol. The first-order chi connectivity index (χ1) is 12.9. The number of nitrogens with zero attached hydrogens (tertiary/aromatic N) is 2. The van der Waals surface area contributed by atoms with Crippen molar-refractivity contribution in [3.8, 4) is 0 Å². The van der Waals surface area contributed by atoms with Crippen LogP contribution < -0.4 is 10.6 Å². The fraction of sp³-hybridized carbons (Fsp3) is 0.381. The second-order valence-corrected chi connectivity index (χ2v) is 8.51. The first-order valence-corrected chi connectivity index (χ1v) is 10.1. The highest BCUT2D eigenvalue weighted by Gasteiger charge is 2.44. The Kier molecular flexibility index (Phi) is 4.83. The van der Waals surface area contributed by atoms with E-state index in [1.807, 2.05) is 12.1 Å². The van der Waals surface area contributed by atoms with Gasteiger partial charge in [0, 0.05) is 39.8 Å². The van der Waals surface area contributed by atoms with Crippen LogP contribution in [0.1, 0.15) is 30.4 Å². The predicted molar refractivity (Wildman–Crippen MR) is 114 cm³/mol. The minimum atomic E-state index is -0.0836. The van der Waals surface area contributed by atoms with Gasteiger partial charge in [0.05, 0.1) is 5.84 Å². The largest absolute Gasteiger partial charge is 0.388 e. The molecule has 2 heterocycles. The Morgan fingerprint density at radius 1 is 1.04 bits per heavy atom. The molecule has 4 nitrogen and oxygen atoms in total. The van der Waals surface area contributed by atoms with E-state index >= 15 is 0 Å². The SMILES string of the molecule is CN1CCC2(CC1)c1cc(Cl)ccc1N(CCC(=N)N)c1ccc(Cl)cc12. The number of amidine groups is 1. The van der Waals surface area contributed by atoms with Crippen molar-refractivity contribution in [2.75, 3.05) is 31.6 Å². The van der Waals surface area contributed by atoms with Crippen molar-refractivity contribution in [2.24, 2.45) is 5.73 Å². The van der Waals surface area contributed by atoms with Crippen LogP contribution in [0.25, 0.3) is 0 Å². The molecule has 0 bridgehead atoms. The molecule has 0 amide bonds. The molecule has 0 atom stereocenters. The van der Waals surface area contributed by atoms with E-state index < -0.39 is 0 Å². The molecule has 0 aliphatic carbocycles. The van der Waals surface area contributed by atoms with Gasteiger partial charge in [-0.15, -0.1) is 0 Å². The average molecular weight is 403 g/mol. The Morgan fingerprint density at radius 3 is 2.04 bits per heavy atom. The van der Waals surface area contributed by atoms with E-state index in [-0.39, 0.29) is 11.3 Å². The van der Waals surface area contributed by atoms with Gasteiger partial charge in [0.15, 0.2) is 0 Å². The van der Waals surface area contributed by atoms with E-state index in [0.717, 1.165) is 36.0 Å². The number of piperidine rings is 1. The molecule has 1 spiro atoms. The molecule has 1 saturated heterocycles. The lowest BCUT2D eigenvalue weighted by molar-refractivity contribution is 0.212. The van der Waals surface area contributed by atoms with Crippen LogP contribution in [-0.2, 0) is 5.41 Å². The van der Waals surface area contributed by atoms with Crippen molar-refractivity contribution < 1.29 is 0 Å².